The van der Waals surface area contributed by atoms with E-state index in [1.54, 1.807) is 30.5 Å². The lowest BCUT2D eigenvalue weighted by molar-refractivity contribution is -0.119. The number of carbonyl (C=O) groups excluding carboxylic acids is 2. The van der Waals surface area contributed by atoms with Crippen LogP contribution in [-0.4, -0.2) is 23.5 Å². The number of halogens is 1. The average Bonchev–Trinajstić information content (AvgIpc) is 3.36. The van der Waals surface area contributed by atoms with Crippen LogP contribution in [0.4, 0.5) is 5.69 Å². The van der Waals surface area contributed by atoms with Crippen molar-refractivity contribution in [1.29, 1.82) is 0 Å². The first-order valence-corrected chi connectivity index (χ1v) is 11.4. The Bertz CT molecular complexity index is 1410. The lowest BCUT2D eigenvalue weighted by Gasteiger charge is -2.22. The summed E-state index contributed by atoms with van der Waals surface area (Å²) in [7, 11) is 0. The molecule has 1 aliphatic rings. The van der Waals surface area contributed by atoms with Crippen LogP contribution in [0.2, 0.25) is 5.02 Å². The summed E-state index contributed by atoms with van der Waals surface area (Å²) in [6.07, 6.45) is 5.98. The van der Waals surface area contributed by atoms with Crippen LogP contribution >= 0.6 is 11.6 Å². The molecular formula is C27H21ClN2O4. The van der Waals surface area contributed by atoms with Gasteiger partial charge in [0.1, 0.15) is 5.76 Å². The van der Waals surface area contributed by atoms with E-state index in [-0.39, 0.29) is 0 Å². The number of amides is 1. The highest BCUT2D eigenvalue weighted by Gasteiger charge is 2.26. The van der Waals surface area contributed by atoms with Crippen molar-refractivity contribution in [2.45, 2.75) is 19.3 Å². The Labute approximate surface area is 201 Å². The fourth-order valence-electron chi connectivity index (χ4n) is 4.21. The molecule has 0 aliphatic heterocycles. The molecule has 2 heterocycles. The Balaban J connectivity index is 1.46. The molecule has 1 N–H and O–H groups in total. The van der Waals surface area contributed by atoms with Crippen LogP contribution < -0.4 is 5.32 Å². The number of anilines is 1. The minimum Gasteiger partial charge on any atom is -0.465 e. The summed E-state index contributed by atoms with van der Waals surface area (Å²) in [5.74, 6) is -0.284. The van der Waals surface area contributed by atoms with Crippen LogP contribution in [0.25, 0.3) is 22.6 Å². The average molecular weight is 473 g/mol. The number of rotatable bonds is 5. The molecular weight excluding hydrogens is 452 g/mol. The minimum atomic E-state index is -0.552. The highest BCUT2D eigenvalue weighted by Crippen LogP contribution is 2.36. The van der Waals surface area contributed by atoms with E-state index in [9.17, 15) is 9.59 Å². The van der Waals surface area contributed by atoms with Gasteiger partial charge in [0.05, 0.1) is 33.7 Å². The molecule has 6 nitrogen and oxygen atoms in total. The van der Waals surface area contributed by atoms with Gasteiger partial charge in [0.2, 0.25) is 0 Å². The van der Waals surface area contributed by atoms with E-state index in [4.69, 9.17) is 25.7 Å². The van der Waals surface area contributed by atoms with Crippen molar-refractivity contribution < 1.29 is 18.7 Å². The van der Waals surface area contributed by atoms with Crippen molar-refractivity contribution in [3.63, 3.8) is 0 Å². The molecule has 0 fully saturated rings. The van der Waals surface area contributed by atoms with E-state index in [0.29, 0.717) is 33.6 Å². The number of ether oxygens (including phenoxy) is 1. The summed E-state index contributed by atoms with van der Waals surface area (Å²) in [5.41, 5.74) is 4.22. The SMILES string of the molecule is O=C(COC(=O)c1c2c(nc3ccccc13)/C(=C/c1ccco1)CCC2)Nc1ccccc1Cl. The summed E-state index contributed by atoms with van der Waals surface area (Å²) in [5, 5.41) is 3.78. The van der Waals surface area contributed by atoms with Crippen LogP contribution in [0.3, 0.4) is 0 Å². The molecule has 4 aromatic rings. The number of nitrogens with zero attached hydrogens (tertiary/aromatic N) is 1. The molecule has 5 rings (SSSR count). The zero-order valence-corrected chi connectivity index (χ0v) is 19.0. The quantitative estimate of drug-likeness (QED) is 0.352. The second kappa shape index (κ2) is 9.53. The highest BCUT2D eigenvalue weighted by molar-refractivity contribution is 6.33. The predicted molar refractivity (Wildman–Crippen MR) is 132 cm³/mol. The smallest absolute Gasteiger partial charge is 0.339 e. The van der Waals surface area contributed by atoms with Gasteiger partial charge in [0, 0.05) is 5.39 Å². The Morgan fingerprint density at radius 3 is 2.71 bits per heavy atom. The van der Waals surface area contributed by atoms with Gasteiger partial charge in [-0.15, -0.1) is 0 Å². The Hall–Kier alpha value is -3.90. The third kappa shape index (κ3) is 4.45. The second-order valence-corrected chi connectivity index (χ2v) is 8.38. The number of nitrogens with one attached hydrogen (secondary N) is 1. The monoisotopic (exact) mass is 472 g/mol. The standard InChI is InChI=1S/C27H21ClN2O4/c28-21-11-2-4-13-23(21)29-24(31)16-34-27(32)25-19-9-1-3-12-22(19)30-26-17(7-5-10-20(25)26)15-18-8-6-14-33-18/h1-4,6,8-9,11-15H,5,7,10,16H2,(H,29,31)/b17-15+. The van der Waals surface area contributed by atoms with E-state index in [0.717, 1.165) is 35.4 Å². The zero-order valence-electron chi connectivity index (χ0n) is 18.2. The largest absolute Gasteiger partial charge is 0.465 e. The Kier molecular flexibility index (Phi) is 6.14. The highest BCUT2D eigenvalue weighted by atomic mass is 35.5. The fraction of sp³-hybridized carbons (Fsp3) is 0.148. The van der Waals surface area contributed by atoms with Gasteiger partial charge in [-0.2, -0.15) is 0 Å². The van der Waals surface area contributed by atoms with Crippen LogP contribution in [0.15, 0.2) is 71.3 Å². The molecule has 0 radical (unpaired) electrons. The van der Waals surface area contributed by atoms with Crippen LogP contribution in [-0.2, 0) is 16.0 Å². The number of hydrogen-bond donors (Lipinski definition) is 1. The zero-order chi connectivity index (χ0) is 23.5. The number of para-hydroxylation sites is 2. The summed E-state index contributed by atoms with van der Waals surface area (Å²) in [4.78, 5) is 30.6. The van der Waals surface area contributed by atoms with Gasteiger partial charge in [0.25, 0.3) is 5.91 Å². The first kappa shape index (κ1) is 21.9. The van der Waals surface area contributed by atoms with Gasteiger partial charge in [-0.3, -0.25) is 4.79 Å². The molecule has 0 spiro atoms. The van der Waals surface area contributed by atoms with E-state index < -0.39 is 18.5 Å². The summed E-state index contributed by atoms with van der Waals surface area (Å²) >= 11 is 6.09. The van der Waals surface area contributed by atoms with Gasteiger partial charge in [-0.25, -0.2) is 9.78 Å². The number of hydrogen-bond acceptors (Lipinski definition) is 5. The lowest BCUT2D eigenvalue weighted by atomic mass is 9.86. The van der Waals surface area contributed by atoms with Crippen molar-refractivity contribution in [3.8, 4) is 0 Å². The number of esters is 1. The molecule has 0 saturated heterocycles. The van der Waals surface area contributed by atoms with Crippen molar-refractivity contribution in [2.24, 2.45) is 0 Å². The lowest BCUT2D eigenvalue weighted by Crippen LogP contribution is -2.22. The number of allylic oxidation sites excluding steroid dienone is 1. The van der Waals surface area contributed by atoms with Crippen LogP contribution in [0.5, 0.6) is 0 Å². The number of furan rings is 1. The Morgan fingerprint density at radius 1 is 1.06 bits per heavy atom. The molecule has 0 unspecified atom stereocenters. The van der Waals surface area contributed by atoms with E-state index in [1.165, 1.54) is 0 Å². The molecule has 2 aromatic carbocycles. The van der Waals surface area contributed by atoms with Crippen molar-refractivity contribution >= 4 is 51.7 Å². The molecule has 1 aliphatic carbocycles. The number of fused-ring (bicyclic) bond motifs is 2. The maximum atomic E-state index is 13.3. The van der Waals surface area contributed by atoms with Gasteiger partial charge < -0.3 is 14.5 Å². The van der Waals surface area contributed by atoms with Crippen LogP contribution in [0.1, 0.15) is 40.2 Å². The van der Waals surface area contributed by atoms with Crippen LogP contribution in [0, 0.1) is 0 Å². The molecule has 34 heavy (non-hydrogen) atoms. The van der Waals surface area contributed by atoms with Gasteiger partial charge in [-0.1, -0.05) is 41.9 Å². The number of aromatic nitrogens is 1. The Morgan fingerprint density at radius 2 is 1.88 bits per heavy atom. The first-order valence-electron chi connectivity index (χ1n) is 11.0. The van der Waals surface area contributed by atoms with Crippen molar-refractivity contribution in [2.75, 3.05) is 11.9 Å². The van der Waals surface area contributed by atoms with E-state index in [2.05, 4.69) is 5.32 Å². The molecule has 0 bridgehead atoms. The maximum Gasteiger partial charge on any atom is 0.339 e. The fourth-order valence-corrected chi connectivity index (χ4v) is 4.39. The van der Waals surface area contributed by atoms with Crippen molar-refractivity contribution in [3.05, 3.63) is 94.5 Å². The molecule has 0 saturated carbocycles. The number of pyridine rings is 1. The summed E-state index contributed by atoms with van der Waals surface area (Å²) in [6, 6.07) is 18.1. The predicted octanol–water partition coefficient (Wildman–Crippen LogP) is 6.15. The topological polar surface area (TPSA) is 81.4 Å². The molecule has 170 valence electrons. The maximum absolute atomic E-state index is 13.3. The second-order valence-electron chi connectivity index (χ2n) is 7.97. The summed E-state index contributed by atoms with van der Waals surface area (Å²) < 4.78 is 10.9. The molecule has 0 atom stereocenters. The molecule has 7 heteroatoms. The molecule has 2 aromatic heterocycles. The van der Waals surface area contributed by atoms with E-state index in [1.807, 2.05) is 42.5 Å². The molecule has 1 amide bonds. The number of benzene rings is 2. The summed E-state index contributed by atoms with van der Waals surface area (Å²) in [6.45, 7) is -0.426. The third-order valence-electron chi connectivity index (χ3n) is 5.72. The minimum absolute atomic E-state index is 0.409. The van der Waals surface area contributed by atoms with E-state index >= 15 is 0 Å². The van der Waals surface area contributed by atoms with Gasteiger partial charge in [-0.05, 0) is 66.8 Å². The van der Waals surface area contributed by atoms with Gasteiger partial charge in [0.15, 0.2) is 6.61 Å². The van der Waals surface area contributed by atoms with Crippen molar-refractivity contribution in [1.82, 2.24) is 4.98 Å². The first-order chi connectivity index (χ1) is 16.6. The third-order valence-corrected chi connectivity index (χ3v) is 6.05. The normalized spacial score (nSPS) is 14.1. The van der Waals surface area contributed by atoms with Gasteiger partial charge >= 0.3 is 5.97 Å². The number of carbonyl (C=O) groups is 2.